The molecule has 0 N–H and O–H groups in total. The molecule has 0 atom stereocenters. The van der Waals surface area contributed by atoms with E-state index < -0.39 is 0 Å². The van der Waals surface area contributed by atoms with Gasteiger partial charge in [0, 0.05) is 5.56 Å². The summed E-state index contributed by atoms with van der Waals surface area (Å²) >= 11 is 1.60. The molecule has 5 heteroatoms. The van der Waals surface area contributed by atoms with Crippen LogP contribution in [-0.2, 0) is 0 Å². The third kappa shape index (κ3) is 1.41. The zero-order valence-electron chi connectivity index (χ0n) is 7.97. The van der Waals surface area contributed by atoms with Crippen LogP contribution in [0.25, 0.3) is 21.7 Å². The maximum Gasteiger partial charge on any atom is 0.257 e. The quantitative estimate of drug-likeness (QED) is 0.628. The molecule has 0 radical (unpaired) electrons. The Balaban J connectivity index is 2.18. The second kappa shape index (κ2) is 3.13. The predicted molar refractivity (Wildman–Crippen MR) is 57.6 cm³/mol. The summed E-state index contributed by atoms with van der Waals surface area (Å²) in [5, 5.41) is 3.76. The number of nitrogens with zero attached hydrogens (tertiary/aromatic N) is 3. The average molecular weight is 217 g/mol. The molecule has 0 aliphatic carbocycles. The number of thiazole rings is 1. The van der Waals surface area contributed by atoms with Gasteiger partial charge < -0.3 is 4.52 Å². The minimum absolute atomic E-state index is 0.558. The Morgan fingerprint density at radius 2 is 2.27 bits per heavy atom. The van der Waals surface area contributed by atoms with E-state index in [0.717, 1.165) is 15.8 Å². The van der Waals surface area contributed by atoms with Gasteiger partial charge in [-0.05, 0) is 25.1 Å². The first-order valence-corrected chi connectivity index (χ1v) is 5.35. The second-order valence-corrected chi connectivity index (χ2v) is 4.07. The van der Waals surface area contributed by atoms with Crippen LogP contribution in [0.4, 0.5) is 0 Å². The van der Waals surface area contributed by atoms with E-state index >= 15 is 0 Å². The van der Waals surface area contributed by atoms with Gasteiger partial charge in [-0.3, -0.25) is 0 Å². The van der Waals surface area contributed by atoms with Crippen molar-refractivity contribution in [2.75, 3.05) is 0 Å². The van der Waals surface area contributed by atoms with Crippen molar-refractivity contribution in [1.29, 1.82) is 0 Å². The second-order valence-electron chi connectivity index (χ2n) is 3.18. The lowest BCUT2D eigenvalue weighted by atomic mass is 10.2. The van der Waals surface area contributed by atoms with Gasteiger partial charge in [-0.2, -0.15) is 4.98 Å². The summed E-state index contributed by atoms with van der Waals surface area (Å²) in [6, 6.07) is 5.91. The van der Waals surface area contributed by atoms with Gasteiger partial charge in [-0.15, -0.1) is 11.3 Å². The van der Waals surface area contributed by atoms with Crippen LogP contribution in [-0.4, -0.2) is 15.1 Å². The predicted octanol–water partition coefficient (Wildman–Crippen LogP) is 2.65. The molecular weight excluding hydrogens is 210 g/mol. The number of hydrogen-bond acceptors (Lipinski definition) is 5. The normalized spacial score (nSPS) is 11.0. The maximum absolute atomic E-state index is 5.10. The summed E-state index contributed by atoms with van der Waals surface area (Å²) in [4.78, 5) is 8.39. The van der Waals surface area contributed by atoms with Crippen LogP contribution in [0.5, 0.6) is 0 Å². The SMILES string of the molecule is Cc1noc(-c2ccc3ncsc3c2)n1. The highest BCUT2D eigenvalue weighted by molar-refractivity contribution is 7.16. The molecule has 0 aliphatic rings. The molecule has 3 rings (SSSR count). The average Bonchev–Trinajstić information content (AvgIpc) is 2.84. The molecule has 3 aromatic rings. The molecule has 0 aliphatic heterocycles. The Labute approximate surface area is 89.6 Å². The van der Waals surface area contributed by atoms with Crippen molar-refractivity contribution in [3.05, 3.63) is 29.5 Å². The van der Waals surface area contributed by atoms with Crippen molar-refractivity contribution >= 4 is 21.6 Å². The van der Waals surface area contributed by atoms with Gasteiger partial charge in [0.25, 0.3) is 5.89 Å². The van der Waals surface area contributed by atoms with Gasteiger partial charge in [0.1, 0.15) is 0 Å². The molecule has 0 fully saturated rings. The molecule has 0 saturated carbocycles. The van der Waals surface area contributed by atoms with Crippen LogP contribution in [0, 0.1) is 6.92 Å². The molecule has 2 heterocycles. The molecule has 0 spiro atoms. The number of fused-ring (bicyclic) bond motifs is 1. The monoisotopic (exact) mass is 217 g/mol. The number of aromatic nitrogens is 3. The summed E-state index contributed by atoms with van der Waals surface area (Å²) in [5.41, 5.74) is 3.76. The molecule has 1 aromatic carbocycles. The smallest absolute Gasteiger partial charge is 0.257 e. The zero-order chi connectivity index (χ0) is 10.3. The minimum atomic E-state index is 0.558. The number of rotatable bonds is 1. The number of benzene rings is 1. The van der Waals surface area contributed by atoms with Gasteiger partial charge in [-0.25, -0.2) is 4.98 Å². The lowest BCUT2D eigenvalue weighted by molar-refractivity contribution is 0.425. The van der Waals surface area contributed by atoms with Crippen LogP contribution in [0.3, 0.4) is 0 Å². The fourth-order valence-corrected chi connectivity index (χ4v) is 2.12. The van der Waals surface area contributed by atoms with E-state index in [2.05, 4.69) is 15.1 Å². The molecule has 15 heavy (non-hydrogen) atoms. The molecular formula is C10H7N3OS. The molecule has 0 saturated heterocycles. The van der Waals surface area contributed by atoms with Crippen molar-refractivity contribution in [2.45, 2.75) is 6.92 Å². The fourth-order valence-electron chi connectivity index (χ4n) is 1.40. The standard InChI is InChI=1S/C10H7N3OS/c1-6-12-10(14-13-6)7-2-3-8-9(4-7)15-5-11-8/h2-5H,1H3. The fraction of sp³-hybridized carbons (Fsp3) is 0.100. The highest BCUT2D eigenvalue weighted by Gasteiger charge is 2.07. The van der Waals surface area contributed by atoms with Crippen LogP contribution in [0.1, 0.15) is 5.82 Å². The van der Waals surface area contributed by atoms with Gasteiger partial charge in [-0.1, -0.05) is 5.16 Å². The Kier molecular flexibility index (Phi) is 1.78. The van der Waals surface area contributed by atoms with E-state index in [-0.39, 0.29) is 0 Å². The largest absolute Gasteiger partial charge is 0.334 e. The number of hydrogen-bond donors (Lipinski definition) is 0. The van der Waals surface area contributed by atoms with Gasteiger partial charge in [0.05, 0.1) is 15.7 Å². The minimum Gasteiger partial charge on any atom is -0.334 e. The summed E-state index contributed by atoms with van der Waals surface area (Å²) in [7, 11) is 0. The zero-order valence-corrected chi connectivity index (χ0v) is 8.78. The molecule has 4 nitrogen and oxygen atoms in total. The first-order valence-electron chi connectivity index (χ1n) is 4.47. The van der Waals surface area contributed by atoms with Crippen molar-refractivity contribution in [3.8, 4) is 11.5 Å². The first kappa shape index (κ1) is 8.55. The van der Waals surface area contributed by atoms with Gasteiger partial charge >= 0.3 is 0 Å². The van der Waals surface area contributed by atoms with Gasteiger partial charge in [0.2, 0.25) is 0 Å². The summed E-state index contributed by atoms with van der Waals surface area (Å²) in [6.07, 6.45) is 0. The third-order valence-electron chi connectivity index (χ3n) is 2.11. The molecule has 0 bridgehead atoms. The lowest BCUT2D eigenvalue weighted by Crippen LogP contribution is -1.77. The third-order valence-corrected chi connectivity index (χ3v) is 2.90. The molecule has 74 valence electrons. The van der Waals surface area contributed by atoms with E-state index in [4.69, 9.17) is 4.52 Å². The highest BCUT2D eigenvalue weighted by Crippen LogP contribution is 2.24. The van der Waals surface area contributed by atoms with Crippen molar-refractivity contribution in [1.82, 2.24) is 15.1 Å². The van der Waals surface area contributed by atoms with Crippen molar-refractivity contribution in [3.63, 3.8) is 0 Å². The Hall–Kier alpha value is -1.75. The lowest BCUT2D eigenvalue weighted by Gasteiger charge is -1.92. The van der Waals surface area contributed by atoms with E-state index in [1.807, 2.05) is 23.7 Å². The molecule has 2 aromatic heterocycles. The Bertz CT molecular complexity index is 614. The van der Waals surface area contributed by atoms with E-state index in [0.29, 0.717) is 11.7 Å². The van der Waals surface area contributed by atoms with E-state index in [1.165, 1.54) is 0 Å². The van der Waals surface area contributed by atoms with Crippen LogP contribution in [0.2, 0.25) is 0 Å². The van der Waals surface area contributed by atoms with Crippen molar-refractivity contribution in [2.24, 2.45) is 0 Å². The van der Waals surface area contributed by atoms with E-state index in [1.54, 1.807) is 18.3 Å². The Morgan fingerprint density at radius 1 is 1.33 bits per heavy atom. The topological polar surface area (TPSA) is 51.8 Å². The maximum atomic E-state index is 5.10. The van der Waals surface area contributed by atoms with Crippen LogP contribution in [0.15, 0.2) is 28.2 Å². The van der Waals surface area contributed by atoms with Crippen LogP contribution >= 0.6 is 11.3 Å². The Morgan fingerprint density at radius 3 is 3.07 bits per heavy atom. The summed E-state index contributed by atoms with van der Waals surface area (Å²) in [6.45, 7) is 1.80. The van der Waals surface area contributed by atoms with Crippen molar-refractivity contribution < 1.29 is 4.52 Å². The first-order chi connectivity index (χ1) is 7.33. The molecule has 0 amide bonds. The molecule has 0 unspecified atom stereocenters. The summed E-state index contributed by atoms with van der Waals surface area (Å²) < 4.78 is 6.23. The van der Waals surface area contributed by atoms with Gasteiger partial charge in [0.15, 0.2) is 5.82 Å². The number of aryl methyl sites for hydroxylation is 1. The highest BCUT2D eigenvalue weighted by atomic mass is 32.1. The van der Waals surface area contributed by atoms with Crippen LogP contribution < -0.4 is 0 Å². The summed E-state index contributed by atoms with van der Waals surface area (Å²) in [5.74, 6) is 1.21. The van der Waals surface area contributed by atoms with E-state index in [9.17, 15) is 0 Å².